The van der Waals surface area contributed by atoms with Gasteiger partial charge in [0.05, 0.1) is 13.2 Å². The number of pyridine rings is 1. The lowest BCUT2D eigenvalue weighted by atomic mass is 9.82. The van der Waals surface area contributed by atoms with Crippen molar-refractivity contribution in [1.29, 1.82) is 0 Å². The van der Waals surface area contributed by atoms with E-state index in [1.54, 1.807) is 12.1 Å². The van der Waals surface area contributed by atoms with Crippen molar-refractivity contribution in [1.82, 2.24) is 9.47 Å². The molecule has 0 spiro atoms. The molecule has 2 aliphatic heterocycles. The number of hydrogen-bond donors (Lipinski definition) is 0. The maximum Gasteiger partial charge on any atom is 0.251 e. The van der Waals surface area contributed by atoms with Crippen LogP contribution in [0.2, 0.25) is 0 Å². The van der Waals surface area contributed by atoms with Gasteiger partial charge in [0.25, 0.3) is 5.56 Å². The Morgan fingerprint density at radius 3 is 2.77 bits per heavy atom. The first-order valence-electron chi connectivity index (χ1n) is 9.41. The van der Waals surface area contributed by atoms with E-state index < -0.39 is 0 Å². The summed E-state index contributed by atoms with van der Waals surface area (Å²) in [6.45, 7) is 8.56. The van der Waals surface area contributed by atoms with E-state index in [-0.39, 0.29) is 5.56 Å². The highest BCUT2D eigenvalue weighted by atomic mass is 16.5. The van der Waals surface area contributed by atoms with Crippen LogP contribution in [0.5, 0.6) is 0 Å². The van der Waals surface area contributed by atoms with Crippen LogP contribution < -0.4 is 5.56 Å². The molecule has 0 saturated carbocycles. The highest BCUT2D eigenvalue weighted by molar-refractivity contribution is 5.24. The maximum atomic E-state index is 12.6. The standard InChI is InChI=1S/C22H26N2O2/c1-2-8-26-16-18-10-21-20-9-19(14-24(21)22(25)11-18)13-23(15-20)12-17-6-4-3-5-7-17/h2-7,10-11,19-20H,1,8-9,12-16H2. The summed E-state index contributed by atoms with van der Waals surface area (Å²) < 4.78 is 7.54. The summed E-state index contributed by atoms with van der Waals surface area (Å²) in [5.74, 6) is 0.990. The minimum absolute atomic E-state index is 0.117. The van der Waals surface area contributed by atoms with E-state index in [9.17, 15) is 4.79 Å². The Morgan fingerprint density at radius 2 is 1.96 bits per heavy atom. The average Bonchev–Trinajstić information content (AvgIpc) is 2.64. The van der Waals surface area contributed by atoms with Crippen LogP contribution in [0.1, 0.15) is 29.2 Å². The monoisotopic (exact) mass is 350 g/mol. The molecule has 1 aromatic heterocycles. The third-order valence-corrected chi connectivity index (χ3v) is 5.45. The van der Waals surface area contributed by atoms with E-state index in [1.165, 1.54) is 17.7 Å². The topological polar surface area (TPSA) is 34.5 Å². The smallest absolute Gasteiger partial charge is 0.251 e. The Bertz CT molecular complexity index is 828. The summed E-state index contributed by atoms with van der Waals surface area (Å²) in [6.07, 6.45) is 2.92. The lowest BCUT2D eigenvalue weighted by Crippen LogP contribution is -2.46. The second-order valence-corrected chi connectivity index (χ2v) is 7.52. The molecule has 3 heterocycles. The van der Waals surface area contributed by atoms with Gasteiger partial charge in [-0.2, -0.15) is 0 Å². The zero-order valence-corrected chi connectivity index (χ0v) is 15.1. The number of ether oxygens (including phenoxy) is 1. The van der Waals surface area contributed by atoms with Crippen LogP contribution in [0.3, 0.4) is 0 Å². The molecule has 2 atom stereocenters. The number of fused-ring (bicyclic) bond motifs is 4. The number of likely N-dealkylation sites (tertiary alicyclic amines) is 1. The van der Waals surface area contributed by atoms with E-state index in [0.29, 0.717) is 25.0 Å². The first-order chi connectivity index (χ1) is 12.7. The van der Waals surface area contributed by atoms with Crippen LogP contribution in [-0.2, 0) is 24.4 Å². The van der Waals surface area contributed by atoms with Gasteiger partial charge in [0.2, 0.25) is 0 Å². The number of piperidine rings is 1. The molecule has 2 bridgehead atoms. The Hall–Kier alpha value is -2.17. The summed E-state index contributed by atoms with van der Waals surface area (Å²) in [4.78, 5) is 15.1. The van der Waals surface area contributed by atoms with Gasteiger partial charge in [-0.05, 0) is 29.5 Å². The first-order valence-corrected chi connectivity index (χ1v) is 9.41. The molecule has 1 fully saturated rings. The van der Waals surface area contributed by atoms with E-state index >= 15 is 0 Å². The third kappa shape index (κ3) is 3.67. The van der Waals surface area contributed by atoms with Crippen molar-refractivity contribution < 1.29 is 4.74 Å². The van der Waals surface area contributed by atoms with E-state index in [0.717, 1.165) is 31.7 Å². The van der Waals surface area contributed by atoms with Gasteiger partial charge in [0.15, 0.2) is 0 Å². The molecule has 4 rings (SSSR count). The van der Waals surface area contributed by atoms with Crippen molar-refractivity contribution in [3.05, 3.63) is 82.3 Å². The number of hydrogen-bond acceptors (Lipinski definition) is 3. The molecule has 0 aliphatic carbocycles. The highest BCUT2D eigenvalue weighted by Gasteiger charge is 2.34. The van der Waals surface area contributed by atoms with Gasteiger partial charge in [-0.15, -0.1) is 6.58 Å². The molecule has 2 aromatic rings. The normalized spacial score (nSPS) is 22.0. The second kappa shape index (κ2) is 7.60. The quantitative estimate of drug-likeness (QED) is 0.593. The molecule has 0 radical (unpaired) electrons. The lowest BCUT2D eigenvalue weighted by Gasteiger charge is -2.43. The summed E-state index contributed by atoms with van der Waals surface area (Å²) in [6, 6.07) is 14.6. The van der Waals surface area contributed by atoms with Gasteiger partial charge < -0.3 is 9.30 Å². The lowest BCUT2D eigenvalue weighted by molar-refractivity contribution is 0.113. The molecule has 136 valence electrons. The van der Waals surface area contributed by atoms with Gasteiger partial charge in [-0.1, -0.05) is 36.4 Å². The molecular formula is C22H26N2O2. The molecule has 0 amide bonds. The molecule has 1 saturated heterocycles. The fraction of sp³-hybridized carbons (Fsp3) is 0.409. The molecule has 2 unspecified atom stereocenters. The first kappa shape index (κ1) is 17.3. The van der Waals surface area contributed by atoms with Gasteiger partial charge >= 0.3 is 0 Å². The van der Waals surface area contributed by atoms with Crippen molar-refractivity contribution in [3.63, 3.8) is 0 Å². The molecule has 26 heavy (non-hydrogen) atoms. The summed E-state index contributed by atoms with van der Waals surface area (Å²) in [7, 11) is 0. The number of rotatable bonds is 6. The Kier molecular flexibility index (Phi) is 5.05. The van der Waals surface area contributed by atoms with Crippen molar-refractivity contribution in [3.8, 4) is 0 Å². The Morgan fingerprint density at radius 1 is 1.12 bits per heavy atom. The van der Waals surface area contributed by atoms with Crippen LogP contribution in [0, 0.1) is 5.92 Å². The summed E-state index contributed by atoms with van der Waals surface area (Å²) >= 11 is 0. The van der Waals surface area contributed by atoms with Gasteiger partial charge in [-0.25, -0.2) is 0 Å². The van der Waals surface area contributed by atoms with Crippen LogP contribution in [0.25, 0.3) is 0 Å². The third-order valence-electron chi connectivity index (χ3n) is 5.45. The van der Waals surface area contributed by atoms with Crippen LogP contribution in [-0.4, -0.2) is 29.2 Å². The predicted molar refractivity (Wildman–Crippen MR) is 103 cm³/mol. The summed E-state index contributed by atoms with van der Waals surface area (Å²) in [5, 5.41) is 0. The zero-order chi connectivity index (χ0) is 17.9. The second-order valence-electron chi connectivity index (χ2n) is 7.52. The van der Waals surface area contributed by atoms with E-state index in [1.807, 2.05) is 4.57 Å². The van der Waals surface area contributed by atoms with Crippen LogP contribution in [0.15, 0.2) is 59.9 Å². The molecule has 4 heteroatoms. The zero-order valence-electron chi connectivity index (χ0n) is 15.1. The largest absolute Gasteiger partial charge is 0.373 e. The minimum Gasteiger partial charge on any atom is -0.373 e. The number of nitrogens with zero attached hydrogens (tertiary/aromatic N) is 2. The van der Waals surface area contributed by atoms with Crippen molar-refractivity contribution in [2.24, 2.45) is 5.92 Å². The fourth-order valence-corrected chi connectivity index (χ4v) is 4.43. The van der Waals surface area contributed by atoms with Crippen LogP contribution >= 0.6 is 0 Å². The molecular weight excluding hydrogens is 324 g/mol. The van der Waals surface area contributed by atoms with Gasteiger partial charge in [-0.3, -0.25) is 9.69 Å². The summed E-state index contributed by atoms with van der Waals surface area (Å²) in [5.41, 5.74) is 3.63. The van der Waals surface area contributed by atoms with Gasteiger partial charge in [0.1, 0.15) is 0 Å². The number of benzene rings is 1. The minimum atomic E-state index is 0.117. The van der Waals surface area contributed by atoms with Crippen molar-refractivity contribution in [2.75, 3.05) is 19.7 Å². The molecule has 4 nitrogen and oxygen atoms in total. The highest BCUT2D eigenvalue weighted by Crippen LogP contribution is 2.35. The van der Waals surface area contributed by atoms with Gasteiger partial charge in [0, 0.05) is 43.9 Å². The van der Waals surface area contributed by atoms with Crippen molar-refractivity contribution >= 4 is 0 Å². The number of aromatic nitrogens is 1. The molecule has 1 aromatic carbocycles. The van der Waals surface area contributed by atoms with Crippen molar-refractivity contribution in [2.45, 2.75) is 32.0 Å². The average molecular weight is 350 g/mol. The van der Waals surface area contributed by atoms with Crippen LogP contribution in [0.4, 0.5) is 0 Å². The van der Waals surface area contributed by atoms with E-state index in [4.69, 9.17) is 4.74 Å². The maximum absolute atomic E-state index is 12.6. The molecule has 0 N–H and O–H groups in total. The predicted octanol–water partition coefficient (Wildman–Crippen LogP) is 3.17. The fourth-order valence-electron chi connectivity index (χ4n) is 4.43. The Labute approximate surface area is 154 Å². The molecule has 2 aliphatic rings. The SMILES string of the molecule is C=CCOCc1cc2n(c(=O)c1)CC1CC2CN(Cc2ccccc2)C1. The Balaban J connectivity index is 1.54. The van der Waals surface area contributed by atoms with E-state index in [2.05, 4.69) is 47.9 Å².